The number of nitrogens with one attached hydrogen (secondary N) is 1. The highest BCUT2D eigenvalue weighted by molar-refractivity contribution is 5.94. The first-order valence-corrected chi connectivity index (χ1v) is 6.56. The summed E-state index contributed by atoms with van der Waals surface area (Å²) in [6, 6.07) is 8.97. The van der Waals surface area contributed by atoms with Crippen molar-refractivity contribution in [2.75, 3.05) is 0 Å². The highest BCUT2D eigenvalue weighted by Crippen LogP contribution is 2.05. The molecule has 1 N–H and O–H groups in total. The molecule has 0 unspecified atom stereocenters. The van der Waals surface area contributed by atoms with E-state index in [4.69, 9.17) is 0 Å². The van der Waals surface area contributed by atoms with Gasteiger partial charge < -0.3 is 5.32 Å². The van der Waals surface area contributed by atoms with Crippen molar-refractivity contribution in [3.8, 4) is 0 Å². The highest BCUT2D eigenvalue weighted by Gasteiger charge is 2.10. The van der Waals surface area contributed by atoms with Crippen LogP contribution in [0.3, 0.4) is 0 Å². The summed E-state index contributed by atoms with van der Waals surface area (Å²) in [7, 11) is 0. The lowest BCUT2D eigenvalue weighted by atomic mass is 10.2. The Labute approximate surface area is 123 Å². The first-order valence-electron chi connectivity index (χ1n) is 6.56. The van der Waals surface area contributed by atoms with Crippen LogP contribution >= 0.6 is 0 Å². The van der Waals surface area contributed by atoms with E-state index in [-0.39, 0.29) is 12.5 Å². The van der Waals surface area contributed by atoms with Crippen molar-refractivity contribution in [3.63, 3.8) is 0 Å². The maximum absolute atomic E-state index is 12.2. The van der Waals surface area contributed by atoms with Crippen molar-refractivity contribution >= 4 is 17.2 Å². The monoisotopic (exact) mass is 294 g/mol. The highest BCUT2D eigenvalue weighted by atomic mass is 16.1. The Morgan fingerprint density at radius 2 is 2.05 bits per heavy atom. The van der Waals surface area contributed by atoms with Crippen LogP contribution in [-0.4, -0.2) is 40.5 Å². The first kappa shape index (κ1) is 12.4. The van der Waals surface area contributed by atoms with Gasteiger partial charge in [-0.25, -0.2) is 0 Å². The van der Waals surface area contributed by atoms with E-state index in [2.05, 4.69) is 31.0 Å². The largest absolute Gasteiger partial charge is 0.345 e. The molecule has 108 valence electrons. The van der Waals surface area contributed by atoms with E-state index < -0.39 is 0 Å². The second-order valence-electron chi connectivity index (χ2n) is 4.63. The van der Waals surface area contributed by atoms with Crippen LogP contribution in [0.1, 0.15) is 16.2 Å². The number of amides is 1. The van der Waals surface area contributed by atoms with Gasteiger partial charge in [-0.1, -0.05) is 6.07 Å². The third kappa shape index (κ3) is 2.04. The van der Waals surface area contributed by atoms with Gasteiger partial charge in [-0.15, -0.1) is 15.3 Å². The van der Waals surface area contributed by atoms with E-state index in [0.29, 0.717) is 17.0 Å². The van der Waals surface area contributed by atoms with Gasteiger partial charge in [0.25, 0.3) is 5.91 Å². The number of fused-ring (bicyclic) bond motifs is 2. The zero-order valence-corrected chi connectivity index (χ0v) is 11.3. The molecule has 0 spiro atoms. The van der Waals surface area contributed by atoms with E-state index in [0.717, 1.165) is 5.65 Å². The first-order chi connectivity index (χ1) is 10.8. The Morgan fingerprint density at radius 3 is 3.00 bits per heavy atom. The molecule has 9 nitrogen and oxygen atoms in total. The molecule has 1 amide bonds. The van der Waals surface area contributed by atoms with Crippen molar-refractivity contribution in [2.24, 2.45) is 0 Å². The lowest BCUT2D eigenvalue weighted by Crippen LogP contribution is -2.24. The van der Waals surface area contributed by atoms with Crippen LogP contribution < -0.4 is 5.32 Å². The van der Waals surface area contributed by atoms with Crippen LogP contribution in [0.2, 0.25) is 0 Å². The Morgan fingerprint density at radius 1 is 1.09 bits per heavy atom. The SMILES string of the molecule is O=C(NCc1nnc2ccccn12)c1ccc2nnnn2c1. The molecule has 4 aromatic rings. The molecular formula is C13H10N8O. The van der Waals surface area contributed by atoms with Crippen molar-refractivity contribution in [2.45, 2.75) is 6.54 Å². The van der Waals surface area contributed by atoms with E-state index >= 15 is 0 Å². The lowest BCUT2D eigenvalue weighted by molar-refractivity contribution is 0.0949. The van der Waals surface area contributed by atoms with Crippen LogP contribution in [0, 0.1) is 0 Å². The Kier molecular flexibility index (Phi) is 2.75. The minimum atomic E-state index is -0.231. The Balaban J connectivity index is 1.54. The fourth-order valence-electron chi connectivity index (χ4n) is 2.15. The third-order valence-corrected chi connectivity index (χ3v) is 3.25. The summed E-state index contributed by atoms with van der Waals surface area (Å²) in [5, 5.41) is 22.0. The molecule has 0 fully saturated rings. The third-order valence-electron chi connectivity index (χ3n) is 3.25. The summed E-state index contributed by atoms with van der Waals surface area (Å²) in [5.74, 6) is 0.428. The summed E-state index contributed by atoms with van der Waals surface area (Å²) in [4.78, 5) is 12.2. The molecule has 0 aliphatic rings. The standard InChI is InChI=1S/C13H10N8O/c22-13(9-4-5-11-17-18-19-21(11)8-9)14-7-12-16-15-10-3-1-2-6-20(10)12/h1-6,8H,7H2,(H,14,22). The maximum Gasteiger partial charge on any atom is 0.253 e. The van der Waals surface area contributed by atoms with Gasteiger partial charge in [0, 0.05) is 12.4 Å². The molecule has 0 saturated carbocycles. The molecule has 0 saturated heterocycles. The number of aromatic nitrogens is 7. The number of pyridine rings is 2. The number of tetrazole rings is 1. The molecule has 0 atom stereocenters. The van der Waals surface area contributed by atoms with Crippen molar-refractivity contribution in [1.82, 2.24) is 40.0 Å². The number of hydrogen-bond acceptors (Lipinski definition) is 6. The Hall–Kier alpha value is -3.36. The van der Waals surface area contributed by atoms with E-state index in [1.807, 2.05) is 28.8 Å². The van der Waals surface area contributed by atoms with Gasteiger partial charge in [-0.2, -0.15) is 4.52 Å². The molecule has 22 heavy (non-hydrogen) atoms. The van der Waals surface area contributed by atoms with Gasteiger partial charge in [0.1, 0.15) is 0 Å². The minimum absolute atomic E-state index is 0.231. The van der Waals surface area contributed by atoms with Crippen LogP contribution in [0.25, 0.3) is 11.3 Å². The summed E-state index contributed by atoms with van der Waals surface area (Å²) in [6.07, 6.45) is 3.43. The molecule has 0 radical (unpaired) electrons. The van der Waals surface area contributed by atoms with Gasteiger partial charge in [0.15, 0.2) is 17.1 Å². The number of hydrogen-bond donors (Lipinski definition) is 1. The molecule has 0 aliphatic heterocycles. The molecule has 0 bridgehead atoms. The van der Waals surface area contributed by atoms with Gasteiger partial charge in [0.2, 0.25) is 0 Å². The fourth-order valence-corrected chi connectivity index (χ4v) is 2.15. The minimum Gasteiger partial charge on any atom is -0.345 e. The average molecular weight is 294 g/mol. The average Bonchev–Trinajstić information content (AvgIpc) is 3.18. The molecule has 4 aromatic heterocycles. The van der Waals surface area contributed by atoms with Gasteiger partial charge in [-0.05, 0) is 34.7 Å². The van der Waals surface area contributed by atoms with Gasteiger partial charge in [-0.3, -0.25) is 9.20 Å². The Bertz CT molecular complexity index is 972. The van der Waals surface area contributed by atoms with Gasteiger partial charge in [0.05, 0.1) is 12.1 Å². The zero-order chi connectivity index (χ0) is 14.9. The zero-order valence-electron chi connectivity index (χ0n) is 11.3. The van der Waals surface area contributed by atoms with Crippen molar-refractivity contribution in [1.29, 1.82) is 0 Å². The molecule has 4 rings (SSSR count). The number of carbonyl (C=O) groups is 1. The van der Waals surface area contributed by atoms with Crippen LogP contribution in [0.15, 0.2) is 42.7 Å². The predicted octanol–water partition coefficient (Wildman–Crippen LogP) is 0.0970. The fraction of sp³-hybridized carbons (Fsp3) is 0.0769. The summed E-state index contributed by atoms with van der Waals surface area (Å²) >= 11 is 0. The molecule has 0 aliphatic carbocycles. The second kappa shape index (κ2) is 4.88. The lowest BCUT2D eigenvalue weighted by Gasteiger charge is -2.04. The summed E-state index contributed by atoms with van der Waals surface area (Å²) in [6.45, 7) is 0.275. The number of nitrogens with zero attached hydrogens (tertiary/aromatic N) is 7. The van der Waals surface area contributed by atoms with Crippen molar-refractivity contribution < 1.29 is 4.79 Å². The smallest absolute Gasteiger partial charge is 0.253 e. The number of carbonyl (C=O) groups excluding carboxylic acids is 1. The maximum atomic E-state index is 12.2. The molecule has 4 heterocycles. The summed E-state index contributed by atoms with van der Waals surface area (Å²) < 4.78 is 3.27. The molecule has 9 heteroatoms. The molecular weight excluding hydrogens is 284 g/mol. The van der Waals surface area contributed by atoms with Crippen LogP contribution in [0.4, 0.5) is 0 Å². The summed E-state index contributed by atoms with van der Waals surface area (Å²) in [5.41, 5.74) is 1.79. The quantitative estimate of drug-likeness (QED) is 0.575. The number of rotatable bonds is 3. The van der Waals surface area contributed by atoms with Gasteiger partial charge >= 0.3 is 0 Å². The van der Waals surface area contributed by atoms with E-state index in [9.17, 15) is 4.79 Å². The molecule has 0 aromatic carbocycles. The topological polar surface area (TPSA) is 102 Å². The normalized spacial score (nSPS) is 11.1. The van der Waals surface area contributed by atoms with Crippen molar-refractivity contribution in [3.05, 3.63) is 54.1 Å². The van der Waals surface area contributed by atoms with E-state index in [1.54, 1.807) is 18.3 Å². The van der Waals surface area contributed by atoms with E-state index in [1.165, 1.54) is 4.52 Å². The second-order valence-corrected chi connectivity index (χ2v) is 4.63. The predicted molar refractivity (Wildman–Crippen MR) is 74.9 cm³/mol. The van der Waals surface area contributed by atoms with Crippen LogP contribution in [-0.2, 0) is 6.54 Å². The van der Waals surface area contributed by atoms with Crippen LogP contribution in [0.5, 0.6) is 0 Å².